The zero-order valence-corrected chi connectivity index (χ0v) is 11.4. The molecule has 1 fully saturated rings. The van der Waals surface area contributed by atoms with E-state index in [2.05, 4.69) is 18.0 Å². The van der Waals surface area contributed by atoms with Crippen LogP contribution in [0.2, 0.25) is 10.0 Å². The van der Waals surface area contributed by atoms with Crippen molar-refractivity contribution in [3.8, 4) is 0 Å². The second-order valence-corrected chi connectivity index (χ2v) is 6.20. The van der Waals surface area contributed by atoms with Gasteiger partial charge in [-0.2, -0.15) is 0 Å². The topological polar surface area (TPSA) is 3.24 Å². The van der Waals surface area contributed by atoms with Crippen molar-refractivity contribution in [2.24, 2.45) is 0 Å². The van der Waals surface area contributed by atoms with Gasteiger partial charge in [0.2, 0.25) is 0 Å². The molecule has 3 heterocycles. The van der Waals surface area contributed by atoms with E-state index in [0.717, 1.165) is 17.5 Å². The predicted molar refractivity (Wildman–Crippen MR) is 71.5 cm³/mol. The standard InChI is InChI=1S/C12H13Cl2NS/c1-15-7-2-4-8(10(15)5-3-7)12-11(14)9(13)6-16-12/h4,6-7,10H,2-3,5H2,1H3. The summed E-state index contributed by atoms with van der Waals surface area (Å²) >= 11 is 13.9. The first-order chi connectivity index (χ1) is 7.68. The summed E-state index contributed by atoms with van der Waals surface area (Å²) in [4.78, 5) is 3.66. The van der Waals surface area contributed by atoms with E-state index in [9.17, 15) is 0 Å². The average Bonchev–Trinajstić information content (AvgIpc) is 2.70. The van der Waals surface area contributed by atoms with Crippen molar-refractivity contribution in [2.75, 3.05) is 7.05 Å². The summed E-state index contributed by atoms with van der Waals surface area (Å²) in [5.41, 5.74) is 1.39. The largest absolute Gasteiger partial charge is 0.296 e. The van der Waals surface area contributed by atoms with Crippen molar-refractivity contribution in [3.05, 3.63) is 26.4 Å². The number of rotatable bonds is 1. The number of thiophene rings is 1. The van der Waals surface area contributed by atoms with Crippen LogP contribution in [0.4, 0.5) is 0 Å². The third-order valence-electron chi connectivity index (χ3n) is 3.76. The molecule has 4 heteroatoms. The number of nitrogens with zero attached hydrogens (tertiary/aromatic N) is 1. The van der Waals surface area contributed by atoms with Gasteiger partial charge in [-0.3, -0.25) is 4.90 Å². The van der Waals surface area contributed by atoms with Crippen LogP contribution in [-0.4, -0.2) is 24.0 Å². The zero-order chi connectivity index (χ0) is 11.3. The van der Waals surface area contributed by atoms with E-state index in [1.54, 1.807) is 11.3 Å². The van der Waals surface area contributed by atoms with Crippen LogP contribution < -0.4 is 0 Å². The van der Waals surface area contributed by atoms with Crippen molar-refractivity contribution < 1.29 is 0 Å². The van der Waals surface area contributed by atoms with Crippen molar-refractivity contribution in [2.45, 2.75) is 31.3 Å². The SMILES string of the molecule is CN1C2CC=C(c3scc(Cl)c3Cl)C1CC2. The van der Waals surface area contributed by atoms with Crippen molar-refractivity contribution in [1.29, 1.82) is 0 Å². The molecule has 0 spiro atoms. The lowest BCUT2D eigenvalue weighted by Crippen LogP contribution is -2.35. The molecule has 2 aliphatic rings. The maximum atomic E-state index is 6.24. The molecule has 0 aromatic carbocycles. The van der Waals surface area contributed by atoms with E-state index in [4.69, 9.17) is 23.2 Å². The van der Waals surface area contributed by atoms with Crippen LogP contribution >= 0.6 is 34.5 Å². The molecule has 2 atom stereocenters. The minimum atomic E-state index is 0.547. The Morgan fingerprint density at radius 1 is 1.38 bits per heavy atom. The molecule has 1 aromatic rings. The molecule has 0 radical (unpaired) electrons. The van der Waals surface area contributed by atoms with Crippen LogP contribution in [0.5, 0.6) is 0 Å². The second kappa shape index (κ2) is 4.02. The molecule has 0 N–H and O–H groups in total. The number of fused-ring (bicyclic) bond motifs is 2. The van der Waals surface area contributed by atoms with Gasteiger partial charge in [0.05, 0.1) is 14.9 Å². The van der Waals surface area contributed by atoms with Crippen LogP contribution in [0.3, 0.4) is 0 Å². The molecule has 1 nitrogen and oxygen atoms in total. The Labute approximate surface area is 110 Å². The Hall–Kier alpha value is -0.0200. The maximum absolute atomic E-state index is 6.24. The van der Waals surface area contributed by atoms with Crippen molar-refractivity contribution >= 4 is 40.1 Å². The minimum absolute atomic E-state index is 0.547. The summed E-state index contributed by atoms with van der Waals surface area (Å²) in [6.07, 6.45) is 6.06. The normalized spacial score (nSPS) is 29.6. The fraction of sp³-hybridized carbons (Fsp3) is 0.500. The smallest absolute Gasteiger partial charge is 0.0775 e. The minimum Gasteiger partial charge on any atom is -0.296 e. The second-order valence-electron chi connectivity index (χ2n) is 4.53. The highest BCUT2D eigenvalue weighted by molar-refractivity contribution is 7.12. The van der Waals surface area contributed by atoms with Crippen LogP contribution in [0.15, 0.2) is 11.5 Å². The van der Waals surface area contributed by atoms with E-state index in [1.165, 1.54) is 23.3 Å². The van der Waals surface area contributed by atoms with Crippen LogP contribution in [0.1, 0.15) is 24.1 Å². The quantitative estimate of drug-likeness (QED) is 0.737. The fourth-order valence-electron chi connectivity index (χ4n) is 2.83. The summed E-state index contributed by atoms with van der Waals surface area (Å²) in [5, 5.41) is 3.35. The van der Waals surface area contributed by atoms with Gasteiger partial charge >= 0.3 is 0 Å². The molecule has 86 valence electrons. The predicted octanol–water partition coefficient (Wildman–Crippen LogP) is 4.30. The zero-order valence-electron chi connectivity index (χ0n) is 9.04. The van der Waals surface area contributed by atoms with E-state index in [-0.39, 0.29) is 0 Å². The molecular formula is C12H13Cl2NS. The summed E-state index contributed by atoms with van der Waals surface area (Å²) in [6.45, 7) is 0. The van der Waals surface area contributed by atoms with E-state index >= 15 is 0 Å². The Balaban J connectivity index is 2.02. The fourth-order valence-corrected chi connectivity index (χ4v) is 4.39. The molecule has 1 saturated heterocycles. The van der Waals surface area contributed by atoms with Gasteiger partial charge in [0.1, 0.15) is 0 Å². The lowest BCUT2D eigenvalue weighted by atomic mass is 10.0. The van der Waals surface area contributed by atoms with Crippen molar-refractivity contribution in [3.63, 3.8) is 0 Å². The first kappa shape index (κ1) is 11.1. The monoisotopic (exact) mass is 273 g/mol. The average molecular weight is 274 g/mol. The highest BCUT2D eigenvalue weighted by Crippen LogP contribution is 2.44. The van der Waals surface area contributed by atoms with Crippen molar-refractivity contribution in [1.82, 2.24) is 4.90 Å². The molecule has 1 aromatic heterocycles. The van der Waals surface area contributed by atoms with Gasteiger partial charge in [-0.15, -0.1) is 11.3 Å². The summed E-state index contributed by atoms with van der Waals surface area (Å²) < 4.78 is 0. The molecule has 2 aliphatic heterocycles. The highest BCUT2D eigenvalue weighted by atomic mass is 35.5. The van der Waals surface area contributed by atoms with E-state index < -0.39 is 0 Å². The van der Waals surface area contributed by atoms with Gasteiger partial charge in [0, 0.05) is 17.5 Å². The molecular weight excluding hydrogens is 261 g/mol. The van der Waals surface area contributed by atoms with Gasteiger partial charge in [-0.1, -0.05) is 29.3 Å². The summed E-state index contributed by atoms with van der Waals surface area (Å²) in [6, 6.07) is 1.29. The molecule has 0 saturated carbocycles. The Morgan fingerprint density at radius 2 is 2.19 bits per heavy atom. The lowest BCUT2D eigenvalue weighted by Gasteiger charge is -2.31. The molecule has 0 amide bonds. The molecule has 3 rings (SSSR count). The molecule has 16 heavy (non-hydrogen) atoms. The molecule has 2 unspecified atom stereocenters. The van der Waals surface area contributed by atoms with Gasteiger partial charge in [0.25, 0.3) is 0 Å². The van der Waals surface area contributed by atoms with Gasteiger partial charge < -0.3 is 0 Å². The Bertz CT molecular complexity index is 452. The first-order valence-electron chi connectivity index (χ1n) is 5.53. The number of likely N-dealkylation sites (N-methyl/N-ethyl adjacent to an activating group) is 1. The molecule has 2 bridgehead atoms. The van der Waals surface area contributed by atoms with Crippen LogP contribution in [-0.2, 0) is 0 Å². The third-order valence-corrected chi connectivity index (χ3v) is 5.82. The Kier molecular flexibility index (Phi) is 2.79. The third kappa shape index (κ3) is 1.55. The molecule has 0 aliphatic carbocycles. The number of hydrogen-bond acceptors (Lipinski definition) is 2. The number of hydrogen-bond donors (Lipinski definition) is 0. The number of halogens is 2. The lowest BCUT2D eigenvalue weighted by molar-refractivity contribution is 0.268. The summed E-state index contributed by atoms with van der Waals surface area (Å²) in [5.74, 6) is 0. The maximum Gasteiger partial charge on any atom is 0.0775 e. The van der Waals surface area contributed by atoms with Gasteiger partial charge in [-0.25, -0.2) is 0 Å². The Morgan fingerprint density at radius 3 is 2.88 bits per heavy atom. The van der Waals surface area contributed by atoms with Crippen LogP contribution in [0.25, 0.3) is 5.57 Å². The summed E-state index contributed by atoms with van der Waals surface area (Å²) in [7, 11) is 2.22. The van der Waals surface area contributed by atoms with Crippen LogP contribution in [0, 0.1) is 0 Å². The van der Waals surface area contributed by atoms with Gasteiger partial charge in [-0.05, 0) is 31.9 Å². The first-order valence-corrected chi connectivity index (χ1v) is 7.17. The van der Waals surface area contributed by atoms with E-state index in [1.807, 2.05) is 5.38 Å². The van der Waals surface area contributed by atoms with E-state index in [0.29, 0.717) is 11.1 Å². The highest BCUT2D eigenvalue weighted by Gasteiger charge is 2.37. The van der Waals surface area contributed by atoms with Gasteiger partial charge in [0.15, 0.2) is 0 Å².